The zero-order valence-corrected chi connectivity index (χ0v) is 21.1. The molecule has 2 aromatic rings. The van der Waals surface area contributed by atoms with Gasteiger partial charge < -0.3 is 10.6 Å². The van der Waals surface area contributed by atoms with E-state index in [1.807, 2.05) is 38.1 Å². The van der Waals surface area contributed by atoms with Crippen molar-refractivity contribution in [2.24, 2.45) is 11.1 Å². The summed E-state index contributed by atoms with van der Waals surface area (Å²) in [5.41, 5.74) is 10.1. The molecule has 2 aromatic carbocycles. The standard InChI is InChI=1S/C28H31N5O3/c1-5-31(6-2)19-12-10-18(11-13-19)25-22(17-29)27(30)32(20-8-7-9-21(14-20)33(35)36)23-15-28(3,4)16-24(34)26(23)25/h7-14,25H,5-6,15-16,30H2,1-4H3. The summed E-state index contributed by atoms with van der Waals surface area (Å²) in [6.45, 7) is 9.98. The number of nitrogens with two attached hydrogens (primary N) is 1. The second kappa shape index (κ2) is 9.50. The van der Waals surface area contributed by atoms with Crippen LogP contribution in [0, 0.1) is 26.9 Å². The number of allylic oxidation sites excluding steroid dienone is 3. The lowest BCUT2D eigenvalue weighted by molar-refractivity contribution is -0.384. The fraction of sp³-hybridized carbons (Fsp3) is 0.357. The van der Waals surface area contributed by atoms with E-state index in [1.54, 1.807) is 17.0 Å². The first-order chi connectivity index (χ1) is 17.1. The molecule has 0 saturated heterocycles. The molecule has 1 unspecified atom stereocenters. The van der Waals surface area contributed by atoms with Crippen LogP contribution in [0.15, 0.2) is 71.2 Å². The number of non-ortho nitro benzene ring substituents is 1. The van der Waals surface area contributed by atoms with Crippen LogP contribution < -0.4 is 15.5 Å². The minimum absolute atomic E-state index is 0.0326. The molecule has 0 radical (unpaired) electrons. The van der Waals surface area contributed by atoms with E-state index in [0.29, 0.717) is 29.8 Å². The molecule has 1 heterocycles. The second-order valence-corrected chi connectivity index (χ2v) is 10.0. The maximum Gasteiger partial charge on any atom is 0.271 e. The molecule has 36 heavy (non-hydrogen) atoms. The van der Waals surface area contributed by atoms with Crippen LogP contribution in [0.25, 0.3) is 0 Å². The van der Waals surface area contributed by atoms with Crippen molar-refractivity contribution in [1.29, 1.82) is 5.26 Å². The van der Waals surface area contributed by atoms with E-state index in [0.717, 1.165) is 24.3 Å². The largest absolute Gasteiger partial charge is 0.384 e. The van der Waals surface area contributed by atoms with Gasteiger partial charge in [-0.15, -0.1) is 0 Å². The predicted molar refractivity (Wildman–Crippen MR) is 140 cm³/mol. The van der Waals surface area contributed by atoms with E-state index in [-0.39, 0.29) is 28.3 Å². The Morgan fingerprint density at radius 2 is 1.83 bits per heavy atom. The summed E-state index contributed by atoms with van der Waals surface area (Å²) in [5, 5.41) is 21.7. The summed E-state index contributed by atoms with van der Waals surface area (Å²) < 4.78 is 0. The molecular weight excluding hydrogens is 454 g/mol. The second-order valence-electron chi connectivity index (χ2n) is 10.0. The van der Waals surface area contributed by atoms with Crippen molar-refractivity contribution in [3.05, 3.63) is 86.9 Å². The Labute approximate surface area is 211 Å². The number of benzene rings is 2. The monoisotopic (exact) mass is 485 g/mol. The maximum atomic E-state index is 13.6. The van der Waals surface area contributed by atoms with Crippen molar-refractivity contribution in [2.75, 3.05) is 22.9 Å². The highest BCUT2D eigenvalue weighted by Gasteiger charge is 2.44. The van der Waals surface area contributed by atoms with Crippen molar-refractivity contribution in [1.82, 2.24) is 0 Å². The molecule has 8 heteroatoms. The summed E-state index contributed by atoms with van der Waals surface area (Å²) in [4.78, 5) is 28.5. The van der Waals surface area contributed by atoms with Gasteiger partial charge in [0.25, 0.3) is 5.69 Å². The molecule has 2 N–H and O–H groups in total. The Kier molecular flexibility index (Phi) is 6.59. The molecule has 2 aliphatic rings. The molecule has 8 nitrogen and oxygen atoms in total. The van der Waals surface area contributed by atoms with Gasteiger partial charge in [0.1, 0.15) is 5.82 Å². The van der Waals surface area contributed by atoms with E-state index >= 15 is 0 Å². The molecule has 1 atom stereocenters. The number of rotatable bonds is 6. The van der Waals surface area contributed by atoms with Crippen molar-refractivity contribution in [3.63, 3.8) is 0 Å². The van der Waals surface area contributed by atoms with Gasteiger partial charge in [-0.05, 0) is 49.4 Å². The average Bonchev–Trinajstić information content (AvgIpc) is 2.84. The molecule has 1 aliphatic carbocycles. The summed E-state index contributed by atoms with van der Waals surface area (Å²) in [5.74, 6) is -0.427. The minimum Gasteiger partial charge on any atom is -0.384 e. The van der Waals surface area contributed by atoms with Crippen LogP contribution in [0.3, 0.4) is 0 Å². The normalized spacial score (nSPS) is 19.1. The Hall–Kier alpha value is -4.12. The van der Waals surface area contributed by atoms with Gasteiger partial charge in [-0.2, -0.15) is 5.26 Å². The SMILES string of the molecule is CCN(CC)c1ccc(C2C(C#N)=C(N)N(c3cccc([N+](=O)[O-])c3)C3=C2C(=O)CC(C)(C)C3)cc1. The van der Waals surface area contributed by atoms with Crippen LogP contribution in [-0.4, -0.2) is 23.8 Å². The number of nitro benzene ring substituents is 1. The summed E-state index contributed by atoms with van der Waals surface area (Å²) in [6, 6.07) is 16.3. The molecule has 186 valence electrons. The smallest absolute Gasteiger partial charge is 0.271 e. The third-order valence-corrected chi connectivity index (χ3v) is 7.03. The highest BCUT2D eigenvalue weighted by atomic mass is 16.6. The average molecular weight is 486 g/mol. The number of nitrogens with zero attached hydrogens (tertiary/aromatic N) is 4. The Morgan fingerprint density at radius 1 is 1.17 bits per heavy atom. The van der Waals surface area contributed by atoms with Crippen LogP contribution in [0.1, 0.15) is 52.0 Å². The fourth-order valence-corrected chi connectivity index (χ4v) is 5.35. The lowest BCUT2D eigenvalue weighted by Crippen LogP contribution is -2.42. The summed E-state index contributed by atoms with van der Waals surface area (Å²) in [6.07, 6.45) is 0.894. The predicted octanol–water partition coefficient (Wildman–Crippen LogP) is 5.38. The number of Topliss-reactive ketones (excluding diaryl/α,β-unsaturated/α-hetero) is 1. The van der Waals surface area contributed by atoms with Gasteiger partial charge in [-0.25, -0.2) is 0 Å². The molecule has 0 aromatic heterocycles. The number of carbonyl (C=O) groups is 1. The highest BCUT2D eigenvalue weighted by Crippen LogP contribution is 2.50. The van der Waals surface area contributed by atoms with E-state index < -0.39 is 10.8 Å². The first-order valence-electron chi connectivity index (χ1n) is 12.2. The number of nitro groups is 1. The van der Waals surface area contributed by atoms with Crippen LogP contribution in [0.5, 0.6) is 0 Å². The zero-order valence-electron chi connectivity index (χ0n) is 21.1. The number of carbonyl (C=O) groups excluding carboxylic acids is 1. The third kappa shape index (κ3) is 4.33. The van der Waals surface area contributed by atoms with E-state index in [2.05, 4.69) is 24.8 Å². The highest BCUT2D eigenvalue weighted by molar-refractivity contribution is 6.01. The number of anilines is 2. The Bertz CT molecular complexity index is 1310. The number of hydrogen-bond donors (Lipinski definition) is 1. The molecular formula is C28H31N5O3. The van der Waals surface area contributed by atoms with Crippen molar-refractivity contribution in [2.45, 2.75) is 46.5 Å². The van der Waals surface area contributed by atoms with Gasteiger partial charge >= 0.3 is 0 Å². The fourth-order valence-electron chi connectivity index (χ4n) is 5.35. The number of hydrogen-bond acceptors (Lipinski definition) is 7. The van der Waals surface area contributed by atoms with Crippen LogP contribution in [-0.2, 0) is 4.79 Å². The van der Waals surface area contributed by atoms with Gasteiger partial charge in [0.15, 0.2) is 5.78 Å². The van der Waals surface area contributed by atoms with Gasteiger partial charge in [0.05, 0.1) is 28.2 Å². The van der Waals surface area contributed by atoms with E-state index in [1.165, 1.54) is 12.1 Å². The van der Waals surface area contributed by atoms with Crippen LogP contribution >= 0.6 is 0 Å². The third-order valence-electron chi connectivity index (χ3n) is 7.03. The quantitative estimate of drug-likeness (QED) is 0.431. The Balaban J connectivity index is 1.92. The first kappa shape index (κ1) is 25.0. The summed E-state index contributed by atoms with van der Waals surface area (Å²) >= 11 is 0. The molecule has 0 bridgehead atoms. The molecule has 0 amide bonds. The molecule has 4 rings (SSSR count). The van der Waals surface area contributed by atoms with Crippen molar-refractivity contribution < 1.29 is 9.72 Å². The number of ketones is 1. The number of nitriles is 1. The zero-order chi connectivity index (χ0) is 26.2. The molecule has 0 fully saturated rings. The van der Waals surface area contributed by atoms with E-state index in [9.17, 15) is 20.2 Å². The van der Waals surface area contributed by atoms with Crippen molar-refractivity contribution in [3.8, 4) is 6.07 Å². The Morgan fingerprint density at radius 3 is 2.42 bits per heavy atom. The topological polar surface area (TPSA) is 116 Å². The van der Waals surface area contributed by atoms with E-state index in [4.69, 9.17) is 5.73 Å². The first-order valence-corrected chi connectivity index (χ1v) is 12.2. The van der Waals surface area contributed by atoms with Gasteiger partial charge in [-0.1, -0.05) is 32.0 Å². The minimum atomic E-state index is -0.589. The van der Waals surface area contributed by atoms with Gasteiger partial charge in [-0.3, -0.25) is 19.8 Å². The van der Waals surface area contributed by atoms with Crippen LogP contribution in [0.4, 0.5) is 17.1 Å². The molecule has 0 saturated carbocycles. The lowest BCUT2D eigenvalue weighted by Gasteiger charge is -2.43. The van der Waals surface area contributed by atoms with Crippen molar-refractivity contribution >= 4 is 22.8 Å². The lowest BCUT2D eigenvalue weighted by atomic mass is 9.68. The van der Waals surface area contributed by atoms with Gasteiger partial charge in [0, 0.05) is 48.6 Å². The van der Waals surface area contributed by atoms with Crippen LogP contribution in [0.2, 0.25) is 0 Å². The molecule has 1 aliphatic heterocycles. The molecule has 0 spiro atoms. The maximum absolute atomic E-state index is 13.6. The van der Waals surface area contributed by atoms with Gasteiger partial charge in [0.2, 0.25) is 0 Å². The summed E-state index contributed by atoms with van der Waals surface area (Å²) in [7, 11) is 0.